The van der Waals surface area contributed by atoms with Crippen molar-refractivity contribution in [3.05, 3.63) is 40.2 Å². The molecule has 0 radical (unpaired) electrons. The quantitative estimate of drug-likeness (QED) is 0.771. The zero-order chi connectivity index (χ0) is 10.8. The van der Waals surface area contributed by atoms with Crippen LogP contribution < -0.4 is 5.32 Å². The van der Waals surface area contributed by atoms with Gasteiger partial charge >= 0.3 is 0 Å². The molecule has 0 unspecified atom stereocenters. The van der Waals surface area contributed by atoms with Crippen LogP contribution in [0.2, 0.25) is 0 Å². The summed E-state index contributed by atoms with van der Waals surface area (Å²) in [5.74, 6) is 0.922. The Kier molecular flexibility index (Phi) is 2.55. The molecular weight excluding hydrogens is 238 g/mol. The summed E-state index contributed by atoms with van der Waals surface area (Å²) in [5, 5.41) is 9.60. The standard InChI is InChI=1S/C11H9N3S2/c1-3-15-6-8(1)5-12-11-10-9(2-4-16-10)13-7-14-11/h1-4,6-7H,5H2,(H,12,13,14). The molecule has 0 fully saturated rings. The average Bonchev–Trinajstić information content (AvgIpc) is 2.97. The number of thiophene rings is 2. The van der Waals surface area contributed by atoms with Gasteiger partial charge in [0.2, 0.25) is 0 Å². The minimum absolute atomic E-state index is 0.813. The highest BCUT2D eigenvalue weighted by Crippen LogP contribution is 2.25. The third-order valence-corrected chi connectivity index (χ3v) is 3.93. The Bertz CT molecular complexity index is 586. The van der Waals surface area contributed by atoms with Crippen LogP contribution in [0.4, 0.5) is 5.82 Å². The first-order chi connectivity index (χ1) is 7.93. The highest BCUT2D eigenvalue weighted by atomic mass is 32.1. The van der Waals surface area contributed by atoms with Crippen molar-refractivity contribution in [2.75, 3.05) is 5.32 Å². The second-order valence-electron chi connectivity index (χ2n) is 3.34. The predicted octanol–water partition coefficient (Wildman–Crippen LogP) is 3.36. The van der Waals surface area contributed by atoms with Crippen LogP contribution in [0.1, 0.15) is 5.56 Å². The maximum absolute atomic E-state index is 4.27. The van der Waals surface area contributed by atoms with E-state index in [0.29, 0.717) is 0 Å². The molecule has 0 spiro atoms. The van der Waals surface area contributed by atoms with Gasteiger partial charge in [0.15, 0.2) is 0 Å². The normalized spacial score (nSPS) is 10.8. The summed E-state index contributed by atoms with van der Waals surface area (Å²) in [6, 6.07) is 4.13. The summed E-state index contributed by atoms with van der Waals surface area (Å²) in [4.78, 5) is 8.48. The van der Waals surface area contributed by atoms with Gasteiger partial charge in [-0.25, -0.2) is 9.97 Å². The van der Waals surface area contributed by atoms with Crippen LogP contribution in [0, 0.1) is 0 Å². The summed E-state index contributed by atoms with van der Waals surface area (Å²) < 4.78 is 1.12. The van der Waals surface area contributed by atoms with Crippen molar-refractivity contribution in [3.63, 3.8) is 0 Å². The van der Waals surface area contributed by atoms with Crippen LogP contribution >= 0.6 is 22.7 Å². The lowest BCUT2D eigenvalue weighted by atomic mass is 10.3. The summed E-state index contributed by atoms with van der Waals surface area (Å²) in [6.07, 6.45) is 1.60. The van der Waals surface area contributed by atoms with Crippen LogP contribution in [-0.2, 0) is 6.54 Å². The number of nitrogens with zero attached hydrogens (tertiary/aromatic N) is 2. The summed E-state index contributed by atoms with van der Waals surface area (Å²) in [5.41, 5.74) is 2.29. The predicted molar refractivity (Wildman–Crippen MR) is 69.1 cm³/mol. The van der Waals surface area contributed by atoms with Gasteiger partial charge in [-0.2, -0.15) is 11.3 Å². The minimum Gasteiger partial charge on any atom is -0.365 e. The largest absolute Gasteiger partial charge is 0.365 e. The molecule has 3 heterocycles. The van der Waals surface area contributed by atoms with Crippen LogP contribution in [0.5, 0.6) is 0 Å². The minimum atomic E-state index is 0.813. The summed E-state index contributed by atoms with van der Waals surface area (Å²) in [6.45, 7) is 0.813. The molecule has 3 rings (SSSR count). The van der Waals surface area contributed by atoms with Gasteiger partial charge in [0.25, 0.3) is 0 Å². The fourth-order valence-corrected chi connectivity index (χ4v) is 2.97. The Morgan fingerprint density at radius 1 is 1.19 bits per heavy atom. The van der Waals surface area contributed by atoms with Crippen molar-refractivity contribution >= 4 is 38.7 Å². The molecule has 0 amide bonds. The monoisotopic (exact) mass is 247 g/mol. The van der Waals surface area contributed by atoms with Gasteiger partial charge in [-0.05, 0) is 33.8 Å². The van der Waals surface area contributed by atoms with E-state index in [1.165, 1.54) is 5.56 Å². The third-order valence-electron chi connectivity index (χ3n) is 2.28. The van der Waals surface area contributed by atoms with E-state index >= 15 is 0 Å². The van der Waals surface area contributed by atoms with Gasteiger partial charge in [-0.15, -0.1) is 11.3 Å². The molecule has 0 aliphatic heterocycles. The molecule has 0 atom stereocenters. The Balaban J connectivity index is 1.86. The molecule has 0 aliphatic carbocycles. The summed E-state index contributed by atoms with van der Waals surface area (Å²) in [7, 11) is 0. The van der Waals surface area contributed by atoms with Gasteiger partial charge in [0, 0.05) is 6.54 Å². The van der Waals surface area contributed by atoms with E-state index in [4.69, 9.17) is 0 Å². The molecule has 3 aromatic rings. The maximum atomic E-state index is 4.27. The number of rotatable bonds is 3. The van der Waals surface area contributed by atoms with Crippen molar-refractivity contribution in [3.8, 4) is 0 Å². The summed E-state index contributed by atoms with van der Waals surface area (Å²) >= 11 is 3.38. The van der Waals surface area contributed by atoms with Crippen LogP contribution in [0.25, 0.3) is 10.2 Å². The van der Waals surface area contributed by atoms with Crippen molar-refractivity contribution < 1.29 is 0 Å². The topological polar surface area (TPSA) is 37.8 Å². The number of aromatic nitrogens is 2. The second kappa shape index (κ2) is 4.19. The fraction of sp³-hybridized carbons (Fsp3) is 0.0909. The van der Waals surface area contributed by atoms with E-state index in [1.807, 2.05) is 11.4 Å². The molecule has 3 aromatic heterocycles. The van der Waals surface area contributed by atoms with Crippen LogP contribution in [-0.4, -0.2) is 9.97 Å². The van der Waals surface area contributed by atoms with Crippen LogP contribution in [0.15, 0.2) is 34.6 Å². The highest BCUT2D eigenvalue weighted by molar-refractivity contribution is 7.17. The molecule has 0 saturated heterocycles. The van der Waals surface area contributed by atoms with Crippen molar-refractivity contribution in [2.24, 2.45) is 0 Å². The molecular formula is C11H9N3S2. The van der Waals surface area contributed by atoms with E-state index in [0.717, 1.165) is 22.6 Å². The molecule has 5 heteroatoms. The third kappa shape index (κ3) is 1.79. The lowest BCUT2D eigenvalue weighted by Crippen LogP contribution is -2.00. The molecule has 0 bridgehead atoms. The van der Waals surface area contributed by atoms with Gasteiger partial charge in [0.1, 0.15) is 12.1 Å². The van der Waals surface area contributed by atoms with Crippen molar-refractivity contribution in [2.45, 2.75) is 6.54 Å². The smallest absolute Gasteiger partial charge is 0.147 e. The SMILES string of the molecule is c1nc(NCc2ccsc2)c2sccc2n1. The first-order valence-electron chi connectivity index (χ1n) is 4.86. The first-order valence-corrected chi connectivity index (χ1v) is 6.69. The van der Waals surface area contributed by atoms with E-state index in [2.05, 4.69) is 32.1 Å². The van der Waals surface area contributed by atoms with Gasteiger partial charge in [-0.3, -0.25) is 0 Å². The number of fused-ring (bicyclic) bond motifs is 1. The zero-order valence-electron chi connectivity index (χ0n) is 8.38. The number of hydrogen-bond acceptors (Lipinski definition) is 5. The lowest BCUT2D eigenvalue weighted by molar-refractivity contribution is 1.11. The lowest BCUT2D eigenvalue weighted by Gasteiger charge is -2.04. The van der Waals surface area contributed by atoms with E-state index < -0.39 is 0 Å². The molecule has 0 aromatic carbocycles. The molecule has 16 heavy (non-hydrogen) atoms. The van der Waals surface area contributed by atoms with Crippen LogP contribution in [0.3, 0.4) is 0 Å². The molecule has 0 aliphatic rings. The van der Waals surface area contributed by atoms with E-state index in [1.54, 1.807) is 29.0 Å². The Labute approximate surface area is 101 Å². The fourth-order valence-electron chi connectivity index (χ4n) is 1.49. The zero-order valence-corrected chi connectivity index (χ0v) is 10.0. The number of anilines is 1. The van der Waals surface area contributed by atoms with E-state index in [9.17, 15) is 0 Å². The van der Waals surface area contributed by atoms with Gasteiger partial charge in [-0.1, -0.05) is 0 Å². The average molecular weight is 247 g/mol. The molecule has 80 valence electrons. The molecule has 0 saturated carbocycles. The van der Waals surface area contributed by atoms with Gasteiger partial charge in [0.05, 0.1) is 10.2 Å². The molecule has 1 N–H and O–H groups in total. The Hall–Kier alpha value is -1.46. The Morgan fingerprint density at radius 3 is 3.06 bits per heavy atom. The van der Waals surface area contributed by atoms with Gasteiger partial charge < -0.3 is 5.32 Å². The number of nitrogens with one attached hydrogen (secondary N) is 1. The Morgan fingerprint density at radius 2 is 2.19 bits per heavy atom. The highest BCUT2D eigenvalue weighted by Gasteiger charge is 2.04. The second-order valence-corrected chi connectivity index (χ2v) is 5.04. The van der Waals surface area contributed by atoms with Crippen molar-refractivity contribution in [1.82, 2.24) is 9.97 Å². The molecule has 3 nitrogen and oxygen atoms in total. The number of hydrogen-bond donors (Lipinski definition) is 1. The maximum Gasteiger partial charge on any atom is 0.147 e. The van der Waals surface area contributed by atoms with E-state index in [-0.39, 0.29) is 0 Å². The van der Waals surface area contributed by atoms with Crippen molar-refractivity contribution in [1.29, 1.82) is 0 Å². The first kappa shape index (κ1) is 9.74.